The van der Waals surface area contributed by atoms with Gasteiger partial charge in [0.25, 0.3) is 5.56 Å². The molecule has 1 saturated heterocycles. The van der Waals surface area contributed by atoms with Crippen LogP contribution in [0.4, 0.5) is 0 Å². The van der Waals surface area contributed by atoms with Crippen molar-refractivity contribution in [3.05, 3.63) is 27.2 Å². The first-order valence-corrected chi connectivity index (χ1v) is 7.60. The van der Waals surface area contributed by atoms with Crippen LogP contribution in [0.5, 0.6) is 0 Å². The van der Waals surface area contributed by atoms with Gasteiger partial charge in [0.2, 0.25) is 5.91 Å². The lowest BCUT2D eigenvalue weighted by molar-refractivity contribution is -0.122. The number of carbonyl (C=O) groups excluding carboxylic acids is 1. The summed E-state index contributed by atoms with van der Waals surface area (Å²) in [5.74, 6) is -0.172. The summed E-state index contributed by atoms with van der Waals surface area (Å²) in [7, 11) is 2.96. The Morgan fingerprint density at radius 1 is 1.38 bits per heavy atom. The zero-order valence-electron chi connectivity index (χ0n) is 13.6. The molecule has 0 bridgehead atoms. The maximum Gasteiger partial charge on any atom is 0.332 e. The molecule has 0 aromatic carbocycles. The number of hydrogen-bond acceptors (Lipinski definition) is 5. The average molecular weight is 357 g/mol. The van der Waals surface area contributed by atoms with Gasteiger partial charge in [-0.3, -0.25) is 18.7 Å². The molecule has 2 aromatic rings. The van der Waals surface area contributed by atoms with Crippen molar-refractivity contribution >= 4 is 29.5 Å². The number of aromatic nitrogens is 4. The van der Waals surface area contributed by atoms with Gasteiger partial charge in [0.05, 0.1) is 6.33 Å². The Labute approximate surface area is 144 Å². The highest BCUT2D eigenvalue weighted by molar-refractivity contribution is 5.85. The number of nitrogens with one attached hydrogen (secondary N) is 2. The Hall–Kier alpha value is -2.13. The largest absolute Gasteiger partial charge is 0.351 e. The highest BCUT2D eigenvalue weighted by Gasteiger charge is 2.18. The predicted octanol–water partition coefficient (Wildman–Crippen LogP) is -1.28. The van der Waals surface area contributed by atoms with Crippen LogP contribution < -0.4 is 21.9 Å². The van der Waals surface area contributed by atoms with Crippen molar-refractivity contribution < 1.29 is 4.79 Å². The minimum absolute atomic E-state index is 0. The highest BCUT2D eigenvalue weighted by atomic mass is 35.5. The molecule has 132 valence electrons. The van der Waals surface area contributed by atoms with Gasteiger partial charge in [0.1, 0.15) is 6.54 Å². The molecule has 10 heteroatoms. The van der Waals surface area contributed by atoms with E-state index in [2.05, 4.69) is 15.6 Å². The predicted molar refractivity (Wildman–Crippen MR) is 91.5 cm³/mol. The van der Waals surface area contributed by atoms with Gasteiger partial charge in [-0.1, -0.05) is 0 Å². The minimum atomic E-state index is -0.451. The van der Waals surface area contributed by atoms with Crippen molar-refractivity contribution in [2.45, 2.75) is 25.4 Å². The smallest absolute Gasteiger partial charge is 0.332 e. The van der Waals surface area contributed by atoms with Gasteiger partial charge in [-0.2, -0.15) is 0 Å². The monoisotopic (exact) mass is 356 g/mol. The Balaban J connectivity index is 0.00000208. The Bertz CT molecular complexity index is 862. The van der Waals surface area contributed by atoms with Crippen LogP contribution >= 0.6 is 12.4 Å². The molecule has 0 spiro atoms. The maximum absolute atomic E-state index is 12.3. The van der Waals surface area contributed by atoms with Crippen LogP contribution in [0.15, 0.2) is 15.9 Å². The van der Waals surface area contributed by atoms with Gasteiger partial charge in [-0.25, -0.2) is 9.78 Å². The van der Waals surface area contributed by atoms with E-state index in [0.717, 1.165) is 30.5 Å². The van der Waals surface area contributed by atoms with E-state index >= 15 is 0 Å². The van der Waals surface area contributed by atoms with Crippen LogP contribution in [0, 0.1) is 0 Å². The second kappa shape index (κ2) is 7.18. The number of hydrogen-bond donors (Lipinski definition) is 2. The molecule has 3 heterocycles. The van der Waals surface area contributed by atoms with Gasteiger partial charge < -0.3 is 15.2 Å². The zero-order valence-corrected chi connectivity index (χ0v) is 14.4. The highest BCUT2D eigenvalue weighted by Crippen LogP contribution is 2.06. The molecule has 1 aliphatic heterocycles. The molecule has 0 saturated carbocycles. The molecule has 0 radical (unpaired) electrons. The average Bonchev–Trinajstić information content (AvgIpc) is 2.95. The summed E-state index contributed by atoms with van der Waals surface area (Å²) >= 11 is 0. The van der Waals surface area contributed by atoms with Crippen molar-refractivity contribution in [3.63, 3.8) is 0 Å². The third-order valence-corrected chi connectivity index (χ3v) is 4.19. The number of aryl methyl sites for hydroxylation is 1. The fraction of sp³-hybridized carbons (Fsp3) is 0.571. The van der Waals surface area contributed by atoms with Crippen LogP contribution in [0.25, 0.3) is 11.2 Å². The van der Waals surface area contributed by atoms with Gasteiger partial charge in [-0.05, 0) is 19.4 Å². The van der Waals surface area contributed by atoms with Crippen LogP contribution in [-0.2, 0) is 25.4 Å². The molecular formula is C14H21ClN6O3. The van der Waals surface area contributed by atoms with Gasteiger partial charge in [0, 0.05) is 26.7 Å². The van der Waals surface area contributed by atoms with Crippen molar-refractivity contribution in [2.24, 2.45) is 14.1 Å². The second-order valence-electron chi connectivity index (χ2n) is 5.86. The molecule has 0 unspecified atom stereocenters. The standard InChI is InChI=1S/C14H20N6O3.ClH/c1-18-12-11(13(22)19(2)14(18)23)20(8-16-12)7-10(21)17-9-4-3-5-15-6-9;/h8-9,15H,3-7H2,1-2H3,(H,17,21);1H/t9-;/m0./s1. The summed E-state index contributed by atoms with van der Waals surface area (Å²) in [6, 6.07) is 0.109. The molecule has 3 rings (SSSR count). The zero-order chi connectivity index (χ0) is 16.6. The van der Waals surface area contributed by atoms with Crippen molar-refractivity contribution in [1.29, 1.82) is 0 Å². The molecule has 1 atom stereocenters. The van der Waals surface area contributed by atoms with Crippen LogP contribution in [0.3, 0.4) is 0 Å². The quantitative estimate of drug-likeness (QED) is 0.713. The van der Waals surface area contributed by atoms with E-state index in [1.54, 1.807) is 7.05 Å². The fourth-order valence-corrected chi connectivity index (χ4v) is 2.92. The van der Waals surface area contributed by atoms with Gasteiger partial charge in [0.15, 0.2) is 11.2 Å². The van der Waals surface area contributed by atoms with Gasteiger partial charge in [-0.15, -0.1) is 12.4 Å². The van der Waals surface area contributed by atoms with Crippen LogP contribution in [0.2, 0.25) is 0 Å². The van der Waals surface area contributed by atoms with Crippen LogP contribution in [0.1, 0.15) is 12.8 Å². The molecule has 0 aliphatic carbocycles. The van der Waals surface area contributed by atoms with Crippen molar-refractivity contribution in [3.8, 4) is 0 Å². The van der Waals surface area contributed by atoms with Crippen LogP contribution in [-0.4, -0.2) is 43.7 Å². The fourth-order valence-electron chi connectivity index (χ4n) is 2.92. The Morgan fingerprint density at radius 2 is 2.12 bits per heavy atom. The number of imidazole rings is 1. The number of nitrogens with zero attached hydrogens (tertiary/aromatic N) is 4. The molecule has 2 N–H and O–H groups in total. The van der Waals surface area contributed by atoms with E-state index in [1.165, 1.54) is 22.5 Å². The number of fused-ring (bicyclic) bond motifs is 1. The normalized spacial score (nSPS) is 17.5. The number of rotatable bonds is 3. The van der Waals surface area contributed by atoms with E-state index in [1.807, 2.05) is 0 Å². The Kier molecular flexibility index (Phi) is 5.45. The third kappa shape index (κ3) is 3.22. The summed E-state index contributed by atoms with van der Waals surface area (Å²) in [5, 5.41) is 6.19. The minimum Gasteiger partial charge on any atom is -0.351 e. The SMILES string of the molecule is Cl.Cn1c(=O)c2c(ncn2CC(=O)N[C@H]2CCCNC2)n(C)c1=O. The third-order valence-electron chi connectivity index (χ3n) is 4.19. The Morgan fingerprint density at radius 3 is 2.79 bits per heavy atom. The van der Waals surface area contributed by atoms with E-state index in [4.69, 9.17) is 0 Å². The summed E-state index contributed by atoms with van der Waals surface area (Å²) in [6.45, 7) is 1.73. The number of halogens is 1. The molecule has 2 aromatic heterocycles. The van der Waals surface area contributed by atoms with E-state index in [0.29, 0.717) is 0 Å². The first-order chi connectivity index (χ1) is 11.0. The van der Waals surface area contributed by atoms with Crippen molar-refractivity contribution in [2.75, 3.05) is 13.1 Å². The van der Waals surface area contributed by atoms with E-state index in [-0.39, 0.29) is 42.1 Å². The summed E-state index contributed by atoms with van der Waals surface area (Å²) in [4.78, 5) is 40.5. The number of amides is 1. The topological polar surface area (TPSA) is 103 Å². The molecule has 1 aliphatic rings. The molecular weight excluding hydrogens is 336 g/mol. The lowest BCUT2D eigenvalue weighted by Gasteiger charge is -2.23. The molecule has 1 fully saturated rings. The summed E-state index contributed by atoms with van der Waals surface area (Å²) in [6.07, 6.45) is 3.39. The molecule has 9 nitrogen and oxygen atoms in total. The van der Waals surface area contributed by atoms with Gasteiger partial charge >= 0.3 is 5.69 Å². The molecule has 24 heavy (non-hydrogen) atoms. The summed E-state index contributed by atoms with van der Waals surface area (Å²) in [5.41, 5.74) is -0.352. The van der Waals surface area contributed by atoms with Crippen molar-refractivity contribution in [1.82, 2.24) is 29.3 Å². The first-order valence-electron chi connectivity index (χ1n) is 7.60. The number of piperidine rings is 1. The lowest BCUT2D eigenvalue weighted by Crippen LogP contribution is -2.46. The second-order valence-corrected chi connectivity index (χ2v) is 5.86. The number of carbonyl (C=O) groups is 1. The molecule has 1 amide bonds. The summed E-state index contributed by atoms with van der Waals surface area (Å²) < 4.78 is 3.81. The first kappa shape index (κ1) is 18.2. The maximum atomic E-state index is 12.3. The van der Waals surface area contributed by atoms with E-state index in [9.17, 15) is 14.4 Å². The lowest BCUT2D eigenvalue weighted by atomic mass is 10.1. The van der Waals surface area contributed by atoms with E-state index < -0.39 is 11.2 Å².